The maximum absolute atomic E-state index is 13.0. The Morgan fingerprint density at radius 3 is 2.29 bits per heavy atom. The number of carbonyl (C=O) groups is 2. The van der Waals surface area contributed by atoms with E-state index in [1.54, 1.807) is 12.1 Å². The van der Waals surface area contributed by atoms with Gasteiger partial charge < -0.3 is 9.30 Å². The second-order valence-corrected chi connectivity index (χ2v) is 7.40. The fourth-order valence-electron chi connectivity index (χ4n) is 3.78. The Kier molecular flexibility index (Phi) is 5.29. The lowest BCUT2D eigenvalue weighted by atomic mass is 10.1. The third kappa shape index (κ3) is 3.68. The van der Waals surface area contributed by atoms with Crippen LogP contribution in [-0.2, 0) is 9.53 Å². The molecule has 31 heavy (non-hydrogen) atoms. The van der Waals surface area contributed by atoms with Gasteiger partial charge in [0.2, 0.25) is 0 Å². The molecule has 156 valence electrons. The molecular weight excluding hydrogens is 390 g/mol. The van der Waals surface area contributed by atoms with Crippen molar-refractivity contribution in [1.29, 1.82) is 0 Å². The Hall–Kier alpha value is -3.93. The van der Waals surface area contributed by atoms with Crippen molar-refractivity contribution >= 4 is 29.4 Å². The van der Waals surface area contributed by atoms with Gasteiger partial charge in [-0.3, -0.25) is 4.79 Å². The molecule has 4 rings (SSSR count). The first-order chi connectivity index (χ1) is 14.9. The summed E-state index contributed by atoms with van der Waals surface area (Å²) in [6, 6.07) is 18.7. The van der Waals surface area contributed by atoms with Crippen molar-refractivity contribution in [3.63, 3.8) is 0 Å². The number of nitrogens with zero attached hydrogens (tertiary/aromatic N) is 3. The fraction of sp³-hybridized carbons (Fsp3) is 0.160. The zero-order chi connectivity index (χ0) is 22.1. The largest absolute Gasteiger partial charge is 0.465 e. The molecule has 0 saturated heterocycles. The smallest absolute Gasteiger partial charge is 0.337 e. The standard InChI is InChI=1S/C25H23N3O3/c1-16-14-20(18(3)27(16)21-12-10-19(11-13-21)25(30)31-4)15-23-17(2)26-28(24(23)29)22-8-6-5-7-9-22/h5-15H,1-4H3/b23-15-. The zero-order valence-electron chi connectivity index (χ0n) is 17.9. The van der Waals surface area contributed by atoms with E-state index in [1.165, 1.54) is 12.1 Å². The number of methoxy groups -OCH3 is 1. The van der Waals surface area contributed by atoms with Crippen LogP contribution in [0.4, 0.5) is 5.69 Å². The highest BCUT2D eigenvalue weighted by Gasteiger charge is 2.29. The second-order valence-electron chi connectivity index (χ2n) is 7.40. The summed E-state index contributed by atoms with van der Waals surface area (Å²) in [7, 11) is 1.37. The lowest BCUT2D eigenvalue weighted by Crippen LogP contribution is -2.21. The summed E-state index contributed by atoms with van der Waals surface area (Å²) in [6.45, 7) is 5.86. The van der Waals surface area contributed by atoms with Crippen LogP contribution in [0.3, 0.4) is 0 Å². The molecule has 0 fully saturated rings. The van der Waals surface area contributed by atoms with Crippen LogP contribution >= 0.6 is 0 Å². The van der Waals surface area contributed by atoms with Gasteiger partial charge in [-0.1, -0.05) is 18.2 Å². The minimum Gasteiger partial charge on any atom is -0.465 e. The van der Waals surface area contributed by atoms with E-state index < -0.39 is 0 Å². The van der Waals surface area contributed by atoms with Gasteiger partial charge in [-0.25, -0.2) is 4.79 Å². The molecule has 6 nitrogen and oxygen atoms in total. The van der Waals surface area contributed by atoms with Gasteiger partial charge in [-0.2, -0.15) is 10.1 Å². The fourth-order valence-corrected chi connectivity index (χ4v) is 3.78. The van der Waals surface area contributed by atoms with E-state index in [2.05, 4.69) is 9.67 Å². The molecule has 1 aromatic heterocycles. The van der Waals surface area contributed by atoms with E-state index >= 15 is 0 Å². The number of ether oxygens (including phenoxy) is 1. The molecule has 0 aliphatic carbocycles. The SMILES string of the molecule is COC(=O)c1ccc(-n2c(C)cc(/C=C3\C(=O)N(c4ccccc4)N=C3C)c2C)cc1. The molecule has 0 atom stereocenters. The molecule has 1 amide bonds. The number of benzene rings is 2. The van der Waals surface area contributed by atoms with E-state index in [-0.39, 0.29) is 11.9 Å². The average molecular weight is 413 g/mol. The Bertz CT molecular complexity index is 1220. The van der Waals surface area contributed by atoms with Crippen molar-refractivity contribution in [1.82, 2.24) is 4.57 Å². The molecule has 0 saturated carbocycles. The topological polar surface area (TPSA) is 63.9 Å². The van der Waals surface area contributed by atoms with Gasteiger partial charge in [0.25, 0.3) is 5.91 Å². The third-order valence-corrected chi connectivity index (χ3v) is 5.38. The summed E-state index contributed by atoms with van der Waals surface area (Å²) >= 11 is 0. The molecule has 0 unspecified atom stereocenters. The molecular formula is C25H23N3O3. The van der Waals surface area contributed by atoms with Gasteiger partial charge >= 0.3 is 5.97 Å². The van der Waals surface area contributed by atoms with Crippen molar-refractivity contribution in [3.05, 3.63) is 88.8 Å². The molecule has 0 N–H and O–H groups in total. The van der Waals surface area contributed by atoms with Crippen LogP contribution in [0.2, 0.25) is 0 Å². The first-order valence-electron chi connectivity index (χ1n) is 9.95. The lowest BCUT2D eigenvalue weighted by Gasteiger charge is -2.11. The van der Waals surface area contributed by atoms with Crippen molar-refractivity contribution in [2.24, 2.45) is 5.10 Å². The number of rotatable bonds is 4. The number of hydrazone groups is 1. The molecule has 3 aromatic rings. The number of aryl methyl sites for hydroxylation is 1. The normalized spacial score (nSPS) is 14.8. The predicted molar refractivity (Wildman–Crippen MR) is 122 cm³/mol. The van der Waals surface area contributed by atoms with Gasteiger partial charge in [-0.15, -0.1) is 0 Å². The summed E-state index contributed by atoms with van der Waals surface area (Å²) in [5.74, 6) is -0.508. The van der Waals surface area contributed by atoms with Gasteiger partial charge in [0.1, 0.15) is 0 Å². The molecule has 1 aliphatic heterocycles. The summed E-state index contributed by atoms with van der Waals surface area (Å²) in [5, 5.41) is 5.89. The van der Waals surface area contributed by atoms with Crippen LogP contribution in [0.1, 0.15) is 34.2 Å². The number of carbonyl (C=O) groups excluding carboxylic acids is 2. The minimum absolute atomic E-state index is 0.143. The van der Waals surface area contributed by atoms with Gasteiger partial charge in [0.15, 0.2) is 0 Å². The number of anilines is 1. The zero-order valence-corrected chi connectivity index (χ0v) is 17.9. The van der Waals surface area contributed by atoms with Crippen LogP contribution in [-0.4, -0.2) is 29.3 Å². The van der Waals surface area contributed by atoms with E-state index in [0.717, 1.165) is 28.3 Å². The number of hydrogen-bond donors (Lipinski definition) is 0. The number of hydrogen-bond acceptors (Lipinski definition) is 4. The molecule has 0 radical (unpaired) electrons. The molecule has 2 aromatic carbocycles. The minimum atomic E-state index is -0.365. The number of esters is 1. The summed E-state index contributed by atoms with van der Waals surface area (Å²) in [6.07, 6.45) is 1.89. The summed E-state index contributed by atoms with van der Waals surface area (Å²) in [5.41, 5.74) is 6.39. The van der Waals surface area contributed by atoms with Gasteiger partial charge in [0.05, 0.1) is 29.6 Å². The maximum Gasteiger partial charge on any atom is 0.337 e. The molecule has 6 heteroatoms. The highest BCUT2D eigenvalue weighted by Crippen LogP contribution is 2.28. The number of aromatic nitrogens is 1. The summed E-state index contributed by atoms with van der Waals surface area (Å²) < 4.78 is 6.86. The number of amides is 1. The van der Waals surface area contributed by atoms with Crippen LogP contribution in [0.25, 0.3) is 11.8 Å². The first-order valence-corrected chi connectivity index (χ1v) is 9.95. The van der Waals surface area contributed by atoms with Crippen molar-refractivity contribution in [2.75, 3.05) is 12.1 Å². The maximum atomic E-state index is 13.0. The number of para-hydroxylation sites is 1. The highest BCUT2D eigenvalue weighted by atomic mass is 16.5. The quantitative estimate of drug-likeness (QED) is 0.461. The summed E-state index contributed by atoms with van der Waals surface area (Å²) in [4.78, 5) is 24.7. The molecule has 2 heterocycles. The van der Waals surface area contributed by atoms with E-state index in [4.69, 9.17) is 4.74 Å². The van der Waals surface area contributed by atoms with Crippen LogP contribution in [0.5, 0.6) is 0 Å². The Labute approximate surface area is 181 Å². The van der Waals surface area contributed by atoms with Crippen LogP contribution in [0.15, 0.2) is 71.3 Å². The molecule has 1 aliphatic rings. The predicted octanol–water partition coefficient (Wildman–Crippen LogP) is 4.69. The Morgan fingerprint density at radius 2 is 1.65 bits per heavy atom. The van der Waals surface area contributed by atoms with Gasteiger partial charge in [0, 0.05) is 17.1 Å². The third-order valence-electron chi connectivity index (χ3n) is 5.38. The van der Waals surface area contributed by atoms with Crippen molar-refractivity contribution in [2.45, 2.75) is 20.8 Å². The first kappa shape index (κ1) is 20.3. The van der Waals surface area contributed by atoms with Crippen molar-refractivity contribution < 1.29 is 14.3 Å². The van der Waals surface area contributed by atoms with Crippen molar-refractivity contribution in [3.8, 4) is 5.69 Å². The molecule has 0 spiro atoms. The molecule has 0 bridgehead atoms. The van der Waals surface area contributed by atoms with E-state index in [1.807, 2.05) is 75.4 Å². The average Bonchev–Trinajstić information content (AvgIpc) is 3.23. The van der Waals surface area contributed by atoms with Crippen LogP contribution in [0, 0.1) is 13.8 Å². The van der Waals surface area contributed by atoms with Crippen LogP contribution < -0.4 is 5.01 Å². The Balaban J connectivity index is 1.68. The second kappa shape index (κ2) is 8.07. The lowest BCUT2D eigenvalue weighted by molar-refractivity contribution is -0.114. The van der Waals surface area contributed by atoms with E-state index in [9.17, 15) is 9.59 Å². The highest BCUT2D eigenvalue weighted by molar-refractivity contribution is 6.32. The van der Waals surface area contributed by atoms with E-state index in [0.29, 0.717) is 16.8 Å². The monoisotopic (exact) mass is 413 g/mol. The Morgan fingerprint density at radius 1 is 0.968 bits per heavy atom. The van der Waals surface area contributed by atoms with Gasteiger partial charge in [-0.05, 0) is 74.9 Å².